The van der Waals surface area contributed by atoms with E-state index in [0.29, 0.717) is 27.3 Å². The van der Waals surface area contributed by atoms with E-state index in [9.17, 15) is 10.2 Å². The molecule has 1 unspecified atom stereocenters. The number of rotatable bonds is 8. The van der Waals surface area contributed by atoms with Gasteiger partial charge in [0.15, 0.2) is 0 Å². The molecule has 2 nitrogen and oxygen atoms in total. The van der Waals surface area contributed by atoms with Crippen molar-refractivity contribution in [3.8, 4) is 0 Å². The van der Waals surface area contributed by atoms with Crippen LogP contribution in [0.2, 0.25) is 5.32 Å². The fourth-order valence-electron chi connectivity index (χ4n) is 1.83. The van der Waals surface area contributed by atoms with Gasteiger partial charge in [-0.05, 0) is 0 Å². The SMILES string of the molecule is C[C@@H](CC[Se]c1ccccc1)CCC(O)C(C)(C)O. The van der Waals surface area contributed by atoms with Gasteiger partial charge in [-0.25, -0.2) is 0 Å². The summed E-state index contributed by atoms with van der Waals surface area (Å²) in [5, 5.41) is 20.7. The van der Waals surface area contributed by atoms with Crippen LogP contribution in [0.25, 0.3) is 0 Å². The molecule has 108 valence electrons. The van der Waals surface area contributed by atoms with Gasteiger partial charge in [-0.3, -0.25) is 0 Å². The zero-order chi connectivity index (χ0) is 14.3. The maximum atomic E-state index is 9.79. The normalized spacial score (nSPS) is 15.2. The van der Waals surface area contributed by atoms with Crippen LogP contribution < -0.4 is 4.46 Å². The Hall–Kier alpha value is -0.341. The monoisotopic (exact) mass is 330 g/mol. The van der Waals surface area contributed by atoms with E-state index in [4.69, 9.17) is 0 Å². The van der Waals surface area contributed by atoms with Crippen molar-refractivity contribution in [2.45, 2.75) is 57.1 Å². The van der Waals surface area contributed by atoms with Crippen molar-refractivity contribution in [2.24, 2.45) is 5.92 Å². The van der Waals surface area contributed by atoms with Crippen molar-refractivity contribution in [3.63, 3.8) is 0 Å². The van der Waals surface area contributed by atoms with E-state index in [1.54, 1.807) is 13.8 Å². The van der Waals surface area contributed by atoms with E-state index in [2.05, 4.69) is 37.3 Å². The van der Waals surface area contributed by atoms with Gasteiger partial charge in [0.25, 0.3) is 0 Å². The van der Waals surface area contributed by atoms with Crippen LogP contribution in [0, 0.1) is 5.92 Å². The van der Waals surface area contributed by atoms with Crippen molar-refractivity contribution in [1.82, 2.24) is 0 Å². The van der Waals surface area contributed by atoms with E-state index >= 15 is 0 Å². The molecule has 0 bridgehead atoms. The first-order chi connectivity index (χ1) is 8.89. The molecule has 0 aliphatic carbocycles. The summed E-state index contributed by atoms with van der Waals surface area (Å²) < 4.78 is 1.46. The van der Waals surface area contributed by atoms with Crippen molar-refractivity contribution in [1.29, 1.82) is 0 Å². The van der Waals surface area contributed by atoms with Gasteiger partial charge >= 0.3 is 123 Å². The fourth-order valence-corrected chi connectivity index (χ4v) is 4.15. The van der Waals surface area contributed by atoms with Gasteiger partial charge in [-0.15, -0.1) is 0 Å². The van der Waals surface area contributed by atoms with Crippen LogP contribution in [0.3, 0.4) is 0 Å². The Labute approximate surface area is 123 Å². The van der Waals surface area contributed by atoms with Crippen LogP contribution in [0.4, 0.5) is 0 Å². The fraction of sp³-hybridized carbons (Fsp3) is 0.625. The Balaban J connectivity index is 2.16. The number of aliphatic hydroxyl groups excluding tert-OH is 1. The standard InChI is InChI=1S/C16H26O2Se/c1-13(9-10-15(17)16(2,3)18)11-12-19-14-7-5-4-6-8-14/h4-8,13,15,17-18H,9-12H2,1-3H3/t13-,15?/m1/s1. The molecule has 0 fully saturated rings. The quantitative estimate of drug-likeness (QED) is 0.719. The number of aliphatic hydroxyl groups is 2. The predicted molar refractivity (Wildman–Crippen MR) is 82.0 cm³/mol. The third-order valence-electron chi connectivity index (χ3n) is 3.37. The van der Waals surface area contributed by atoms with Gasteiger partial charge in [0.2, 0.25) is 0 Å². The van der Waals surface area contributed by atoms with Gasteiger partial charge in [-0.2, -0.15) is 0 Å². The first-order valence-corrected chi connectivity index (χ1v) is 9.04. The molecule has 0 amide bonds. The molecule has 0 aliphatic rings. The Morgan fingerprint density at radius 1 is 1.11 bits per heavy atom. The second kappa shape index (κ2) is 8.06. The molecule has 0 saturated carbocycles. The van der Waals surface area contributed by atoms with Crippen molar-refractivity contribution in [3.05, 3.63) is 30.3 Å². The molecule has 0 heterocycles. The molecule has 0 aliphatic heterocycles. The number of hydrogen-bond acceptors (Lipinski definition) is 2. The summed E-state index contributed by atoms with van der Waals surface area (Å²) in [6, 6.07) is 10.6. The Morgan fingerprint density at radius 3 is 2.32 bits per heavy atom. The molecule has 0 saturated heterocycles. The van der Waals surface area contributed by atoms with Gasteiger partial charge in [0.05, 0.1) is 0 Å². The van der Waals surface area contributed by atoms with Crippen molar-refractivity contribution in [2.75, 3.05) is 0 Å². The topological polar surface area (TPSA) is 40.5 Å². The average molecular weight is 329 g/mol. The summed E-state index contributed by atoms with van der Waals surface area (Å²) in [5.41, 5.74) is -0.978. The molecular formula is C16H26O2Se. The summed E-state index contributed by atoms with van der Waals surface area (Å²) >= 11 is 0.560. The molecule has 1 aromatic carbocycles. The molecule has 3 heteroatoms. The van der Waals surface area contributed by atoms with E-state index in [0.717, 1.165) is 6.42 Å². The summed E-state index contributed by atoms with van der Waals surface area (Å²) in [6.45, 7) is 5.57. The third-order valence-corrected chi connectivity index (χ3v) is 5.56. The van der Waals surface area contributed by atoms with Crippen molar-refractivity contribution < 1.29 is 10.2 Å². The van der Waals surface area contributed by atoms with Gasteiger partial charge < -0.3 is 0 Å². The van der Waals surface area contributed by atoms with E-state index < -0.39 is 11.7 Å². The molecular weight excluding hydrogens is 303 g/mol. The van der Waals surface area contributed by atoms with E-state index in [1.165, 1.54) is 16.2 Å². The zero-order valence-electron chi connectivity index (χ0n) is 12.2. The summed E-state index contributed by atoms with van der Waals surface area (Å²) in [6.07, 6.45) is 2.25. The Morgan fingerprint density at radius 2 is 1.74 bits per heavy atom. The number of hydrogen-bond donors (Lipinski definition) is 2. The maximum absolute atomic E-state index is 9.79. The van der Waals surface area contributed by atoms with Crippen LogP contribution in [0.1, 0.15) is 40.0 Å². The first kappa shape index (κ1) is 16.7. The molecule has 2 atom stereocenters. The molecule has 0 aromatic heterocycles. The zero-order valence-corrected chi connectivity index (χ0v) is 13.9. The summed E-state index contributed by atoms with van der Waals surface area (Å²) in [7, 11) is 0. The van der Waals surface area contributed by atoms with E-state index in [-0.39, 0.29) is 0 Å². The van der Waals surface area contributed by atoms with Crippen LogP contribution in [0.15, 0.2) is 30.3 Å². The van der Waals surface area contributed by atoms with Crippen molar-refractivity contribution >= 4 is 19.4 Å². The predicted octanol–water partition coefficient (Wildman–Crippen LogP) is 2.37. The van der Waals surface area contributed by atoms with E-state index in [1.807, 2.05) is 0 Å². The molecule has 19 heavy (non-hydrogen) atoms. The second-order valence-corrected chi connectivity index (χ2v) is 8.25. The summed E-state index contributed by atoms with van der Waals surface area (Å²) in [5.74, 6) is 0.614. The second-order valence-electron chi connectivity index (χ2n) is 5.80. The minimum atomic E-state index is -0.978. The average Bonchev–Trinajstić information content (AvgIpc) is 2.36. The van der Waals surface area contributed by atoms with Gasteiger partial charge in [0.1, 0.15) is 0 Å². The van der Waals surface area contributed by atoms with Gasteiger partial charge in [-0.1, -0.05) is 0 Å². The molecule has 0 spiro atoms. The van der Waals surface area contributed by atoms with Crippen LogP contribution in [-0.2, 0) is 0 Å². The van der Waals surface area contributed by atoms with Gasteiger partial charge in [0, 0.05) is 0 Å². The van der Waals surface area contributed by atoms with Crippen LogP contribution >= 0.6 is 0 Å². The first-order valence-electron chi connectivity index (χ1n) is 6.98. The summed E-state index contributed by atoms with van der Waals surface area (Å²) in [4.78, 5) is 0. The number of benzene rings is 1. The molecule has 0 radical (unpaired) electrons. The van der Waals surface area contributed by atoms with Crippen LogP contribution in [-0.4, -0.2) is 36.9 Å². The molecule has 1 rings (SSSR count). The Kier molecular flexibility index (Phi) is 7.09. The minimum absolute atomic E-state index is 0.560. The van der Waals surface area contributed by atoms with Crippen LogP contribution in [0.5, 0.6) is 0 Å². The molecule has 1 aromatic rings. The third kappa shape index (κ3) is 7.12. The Bertz CT molecular complexity index is 346. The molecule has 2 N–H and O–H groups in total.